The molecule has 1 aliphatic rings. The lowest BCUT2D eigenvalue weighted by molar-refractivity contribution is -0.113. The van der Waals surface area contributed by atoms with Crippen LogP contribution < -0.4 is 4.90 Å². The van der Waals surface area contributed by atoms with E-state index in [0.717, 1.165) is 22.2 Å². The van der Waals surface area contributed by atoms with Gasteiger partial charge in [-0.2, -0.15) is 0 Å². The standard InChI is InChI=1S/C15H11FN2OS2/c1-9-6-7-20-12(9)8-13-14(19)18(15(17)21-13)11-4-2-10(16)3-5-11/h2-8,17H,1H3/b13-8+,17-15?. The second-order valence-corrected chi connectivity index (χ2v) is 6.48. The fourth-order valence-corrected chi connectivity index (χ4v) is 3.74. The molecule has 1 aliphatic heterocycles. The second kappa shape index (κ2) is 5.46. The van der Waals surface area contributed by atoms with Crippen molar-refractivity contribution in [1.29, 1.82) is 5.41 Å². The quantitative estimate of drug-likeness (QED) is 0.841. The zero-order valence-corrected chi connectivity index (χ0v) is 12.7. The van der Waals surface area contributed by atoms with E-state index in [0.29, 0.717) is 10.6 Å². The molecular weight excluding hydrogens is 307 g/mol. The molecule has 106 valence electrons. The van der Waals surface area contributed by atoms with Gasteiger partial charge in [-0.1, -0.05) is 0 Å². The highest BCUT2D eigenvalue weighted by Gasteiger charge is 2.33. The maximum absolute atomic E-state index is 13.0. The minimum Gasteiger partial charge on any atom is -0.278 e. The number of benzene rings is 1. The van der Waals surface area contributed by atoms with Crippen LogP contribution in [0.3, 0.4) is 0 Å². The van der Waals surface area contributed by atoms with E-state index in [9.17, 15) is 9.18 Å². The van der Waals surface area contributed by atoms with E-state index in [2.05, 4.69) is 0 Å². The van der Waals surface area contributed by atoms with Gasteiger partial charge in [0.15, 0.2) is 5.17 Å². The summed E-state index contributed by atoms with van der Waals surface area (Å²) in [5.41, 5.74) is 1.61. The van der Waals surface area contributed by atoms with Crippen molar-refractivity contribution in [2.45, 2.75) is 6.92 Å². The smallest absolute Gasteiger partial charge is 0.271 e. The Kier molecular flexibility index (Phi) is 3.65. The largest absolute Gasteiger partial charge is 0.278 e. The van der Waals surface area contributed by atoms with Crippen molar-refractivity contribution in [3.63, 3.8) is 0 Å². The Morgan fingerprint density at radius 1 is 1.24 bits per heavy atom. The number of carbonyl (C=O) groups excluding carboxylic acids is 1. The molecule has 0 unspecified atom stereocenters. The summed E-state index contributed by atoms with van der Waals surface area (Å²) in [4.78, 5) is 15.3. The molecule has 1 amide bonds. The number of nitrogens with one attached hydrogen (secondary N) is 1. The second-order valence-electron chi connectivity index (χ2n) is 4.50. The van der Waals surface area contributed by atoms with Gasteiger partial charge < -0.3 is 0 Å². The number of anilines is 1. The lowest BCUT2D eigenvalue weighted by Crippen LogP contribution is -2.28. The van der Waals surface area contributed by atoms with Crippen molar-refractivity contribution in [3.05, 3.63) is 56.9 Å². The first kappa shape index (κ1) is 14.0. The number of nitrogens with zero attached hydrogens (tertiary/aromatic N) is 1. The predicted octanol–water partition coefficient (Wildman–Crippen LogP) is 4.25. The minimum absolute atomic E-state index is 0.132. The molecule has 2 heterocycles. The molecule has 1 fully saturated rings. The Hall–Kier alpha value is -1.92. The molecular formula is C15H11FN2OS2. The average molecular weight is 318 g/mol. The Morgan fingerprint density at radius 2 is 1.95 bits per heavy atom. The number of thiophene rings is 1. The van der Waals surface area contributed by atoms with Gasteiger partial charge in [0, 0.05) is 4.88 Å². The summed E-state index contributed by atoms with van der Waals surface area (Å²) in [5.74, 6) is -0.612. The van der Waals surface area contributed by atoms with Gasteiger partial charge in [-0.05, 0) is 66.0 Å². The van der Waals surface area contributed by atoms with Crippen LogP contribution in [0.4, 0.5) is 10.1 Å². The first-order valence-corrected chi connectivity index (χ1v) is 7.88. The fraction of sp³-hybridized carbons (Fsp3) is 0.0667. The summed E-state index contributed by atoms with van der Waals surface area (Å²) in [6.07, 6.45) is 1.81. The molecule has 0 aliphatic carbocycles. The summed E-state index contributed by atoms with van der Waals surface area (Å²) in [5, 5.41) is 10.1. The molecule has 0 bridgehead atoms. The number of amidine groups is 1. The van der Waals surface area contributed by atoms with Crippen LogP contribution in [0.1, 0.15) is 10.4 Å². The van der Waals surface area contributed by atoms with E-state index < -0.39 is 0 Å². The molecule has 3 rings (SSSR count). The SMILES string of the molecule is Cc1ccsc1/C=C1/SC(=N)N(c2ccc(F)cc2)C1=O. The molecule has 0 saturated carbocycles. The number of hydrogen-bond donors (Lipinski definition) is 1. The van der Waals surface area contributed by atoms with Crippen molar-refractivity contribution in [1.82, 2.24) is 0 Å². The van der Waals surface area contributed by atoms with Crippen molar-refractivity contribution in [2.75, 3.05) is 4.90 Å². The summed E-state index contributed by atoms with van der Waals surface area (Å²) in [7, 11) is 0. The summed E-state index contributed by atoms with van der Waals surface area (Å²) in [6.45, 7) is 1.98. The third-order valence-corrected chi connectivity index (χ3v) is 4.93. The number of halogens is 1. The van der Waals surface area contributed by atoms with E-state index in [-0.39, 0.29) is 16.9 Å². The molecule has 21 heavy (non-hydrogen) atoms. The first-order valence-electron chi connectivity index (χ1n) is 6.18. The average Bonchev–Trinajstić information content (AvgIpc) is 2.97. The van der Waals surface area contributed by atoms with Gasteiger partial charge in [0.2, 0.25) is 0 Å². The van der Waals surface area contributed by atoms with Crippen LogP contribution in [0.5, 0.6) is 0 Å². The van der Waals surface area contributed by atoms with Crippen LogP contribution in [0.25, 0.3) is 6.08 Å². The lowest BCUT2D eigenvalue weighted by Gasteiger charge is -2.13. The van der Waals surface area contributed by atoms with Gasteiger partial charge in [-0.3, -0.25) is 15.1 Å². The minimum atomic E-state index is -0.366. The molecule has 0 spiro atoms. The van der Waals surface area contributed by atoms with Gasteiger partial charge in [0.1, 0.15) is 5.82 Å². The zero-order chi connectivity index (χ0) is 15.0. The van der Waals surface area contributed by atoms with Gasteiger partial charge >= 0.3 is 0 Å². The summed E-state index contributed by atoms with van der Waals surface area (Å²) in [6, 6.07) is 7.56. The number of amides is 1. The Labute approximate surface area is 129 Å². The summed E-state index contributed by atoms with van der Waals surface area (Å²) < 4.78 is 13.0. The van der Waals surface area contributed by atoms with E-state index in [1.165, 1.54) is 29.2 Å². The van der Waals surface area contributed by atoms with Crippen LogP contribution in [0.15, 0.2) is 40.6 Å². The van der Waals surface area contributed by atoms with E-state index >= 15 is 0 Å². The molecule has 6 heteroatoms. The van der Waals surface area contributed by atoms with Crippen LogP contribution in [-0.4, -0.2) is 11.1 Å². The Morgan fingerprint density at radius 3 is 2.57 bits per heavy atom. The third kappa shape index (κ3) is 2.64. The van der Waals surface area contributed by atoms with E-state index in [1.54, 1.807) is 11.3 Å². The Bertz CT molecular complexity index is 749. The van der Waals surface area contributed by atoms with E-state index in [1.807, 2.05) is 24.4 Å². The van der Waals surface area contributed by atoms with Crippen LogP contribution in [0, 0.1) is 18.2 Å². The topological polar surface area (TPSA) is 44.2 Å². The molecule has 1 saturated heterocycles. The first-order chi connectivity index (χ1) is 10.1. The Balaban J connectivity index is 1.94. The van der Waals surface area contributed by atoms with Crippen LogP contribution in [-0.2, 0) is 4.79 Å². The van der Waals surface area contributed by atoms with Crippen molar-refractivity contribution in [3.8, 4) is 0 Å². The van der Waals surface area contributed by atoms with Crippen LogP contribution in [0.2, 0.25) is 0 Å². The van der Waals surface area contributed by atoms with Crippen molar-refractivity contribution < 1.29 is 9.18 Å². The highest BCUT2D eigenvalue weighted by atomic mass is 32.2. The molecule has 2 aromatic rings. The molecule has 3 nitrogen and oxygen atoms in total. The monoisotopic (exact) mass is 318 g/mol. The highest BCUT2D eigenvalue weighted by molar-refractivity contribution is 8.19. The molecule has 0 radical (unpaired) electrons. The number of thioether (sulfide) groups is 1. The maximum Gasteiger partial charge on any atom is 0.271 e. The van der Waals surface area contributed by atoms with Crippen molar-refractivity contribution in [2.24, 2.45) is 0 Å². The van der Waals surface area contributed by atoms with Crippen molar-refractivity contribution >= 4 is 45.9 Å². The number of carbonyl (C=O) groups is 1. The third-order valence-electron chi connectivity index (χ3n) is 3.07. The van der Waals surface area contributed by atoms with Gasteiger partial charge in [0.05, 0.1) is 10.6 Å². The lowest BCUT2D eigenvalue weighted by atomic mass is 10.2. The summed E-state index contributed by atoms with van der Waals surface area (Å²) >= 11 is 2.68. The van der Waals surface area contributed by atoms with Gasteiger partial charge in [-0.15, -0.1) is 11.3 Å². The number of rotatable bonds is 2. The number of hydrogen-bond acceptors (Lipinski definition) is 4. The maximum atomic E-state index is 13.0. The predicted molar refractivity (Wildman–Crippen MR) is 86.2 cm³/mol. The molecule has 1 aromatic carbocycles. The number of aryl methyl sites for hydroxylation is 1. The van der Waals surface area contributed by atoms with Gasteiger partial charge in [0.25, 0.3) is 5.91 Å². The van der Waals surface area contributed by atoms with E-state index in [4.69, 9.17) is 5.41 Å². The highest BCUT2D eigenvalue weighted by Crippen LogP contribution is 2.36. The normalized spacial score (nSPS) is 17.0. The molecule has 1 aromatic heterocycles. The fourth-order valence-electron chi connectivity index (χ4n) is 1.96. The van der Waals surface area contributed by atoms with Gasteiger partial charge in [-0.25, -0.2) is 4.39 Å². The zero-order valence-electron chi connectivity index (χ0n) is 11.1. The molecule has 1 N–H and O–H groups in total. The van der Waals surface area contributed by atoms with Crippen LogP contribution >= 0.6 is 23.1 Å². The molecule has 0 atom stereocenters.